The quantitative estimate of drug-likeness (QED) is 0.660. The van der Waals surface area contributed by atoms with Gasteiger partial charge in [-0.15, -0.1) is 0 Å². The van der Waals surface area contributed by atoms with Gasteiger partial charge in [-0.1, -0.05) is 61.7 Å². The summed E-state index contributed by atoms with van der Waals surface area (Å²) in [5.41, 5.74) is 5.62. The lowest BCUT2D eigenvalue weighted by atomic mass is 9.66. The Labute approximate surface area is 210 Å². The lowest BCUT2D eigenvalue weighted by Crippen LogP contribution is -2.85. The molecule has 4 heteroatoms. The van der Waals surface area contributed by atoms with Crippen LogP contribution in [0.3, 0.4) is 0 Å². The van der Waals surface area contributed by atoms with Crippen LogP contribution in [0.1, 0.15) is 74.0 Å². The molecule has 2 aromatic carbocycles. The number of likely N-dealkylation sites (tertiary alicyclic amines) is 1. The molecule has 3 fully saturated rings. The van der Waals surface area contributed by atoms with Crippen molar-refractivity contribution in [3.8, 4) is 0 Å². The number of nitrogens with two attached hydrogens (primary N) is 2. The zero-order valence-electron chi connectivity index (χ0n) is 21.4. The lowest BCUT2D eigenvalue weighted by Gasteiger charge is -2.47. The largest absolute Gasteiger partial charge is 0.345 e. The second-order valence-electron chi connectivity index (χ2n) is 11.9. The van der Waals surface area contributed by atoms with Gasteiger partial charge < -0.3 is 15.5 Å². The number of fused-ring (bicyclic) bond motifs is 2. The van der Waals surface area contributed by atoms with Crippen molar-refractivity contribution in [3.63, 3.8) is 0 Å². The lowest BCUT2D eigenvalue weighted by molar-refractivity contribution is -0.642. The van der Waals surface area contributed by atoms with E-state index < -0.39 is 0 Å². The molecule has 3 heterocycles. The van der Waals surface area contributed by atoms with Gasteiger partial charge in [-0.05, 0) is 55.6 Å². The number of amides is 1. The zero-order valence-corrected chi connectivity index (χ0v) is 21.4. The Morgan fingerprint density at radius 3 is 2.69 bits per heavy atom. The number of piperidine rings is 1. The molecule has 4 aliphatic rings. The summed E-state index contributed by atoms with van der Waals surface area (Å²) in [6, 6.07) is 18.4. The molecule has 4 atom stereocenters. The van der Waals surface area contributed by atoms with E-state index in [-0.39, 0.29) is 11.3 Å². The number of hydrogen-bond acceptors (Lipinski definition) is 1. The van der Waals surface area contributed by atoms with E-state index in [0.717, 1.165) is 45.4 Å². The molecular weight excluding hydrogens is 430 g/mol. The summed E-state index contributed by atoms with van der Waals surface area (Å²) in [6.07, 6.45) is 10.0. The molecule has 35 heavy (non-hydrogen) atoms. The minimum Gasteiger partial charge on any atom is -0.345 e. The first-order valence-electron chi connectivity index (χ1n) is 14.3. The molecule has 2 saturated heterocycles. The Kier molecular flexibility index (Phi) is 6.45. The molecule has 1 amide bonds. The van der Waals surface area contributed by atoms with E-state index in [1.807, 2.05) is 0 Å². The number of hydrogen-bond donors (Lipinski definition) is 2. The fourth-order valence-electron chi connectivity index (χ4n) is 8.18. The summed E-state index contributed by atoms with van der Waals surface area (Å²) in [4.78, 5) is 17.0. The van der Waals surface area contributed by atoms with Crippen LogP contribution in [0.4, 0.5) is 5.69 Å². The highest BCUT2D eigenvalue weighted by molar-refractivity contribution is 5.82. The Balaban J connectivity index is 1.30. The van der Waals surface area contributed by atoms with Crippen molar-refractivity contribution in [2.45, 2.75) is 75.7 Å². The molecule has 0 aromatic heterocycles. The topological polar surface area (TPSA) is 53.5 Å². The molecular formula is C31H43N3O+2. The summed E-state index contributed by atoms with van der Waals surface area (Å²) in [6.45, 7) is 6.21. The number of quaternary nitrogens is 2. The van der Waals surface area contributed by atoms with Gasteiger partial charge >= 0.3 is 0 Å². The second-order valence-corrected chi connectivity index (χ2v) is 11.9. The van der Waals surface area contributed by atoms with Crippen LogP contribution in [0.5, 0.6) is 0 Å². The smallest absolute Gasteiger partial charge is 0.232 e. The Morgan fingerprint density at radius 2 is 1.86 bits per heavy atom. The van der Waals surface area contributed by atoms with Gasteiger partial charge in [0.2, 0.25) is 5.91 Å². The van der Waals surface area contributed by atoms with E-state index >= 15 is 0 Å². The number of carbonyl (C=O) groups is 1. The number of nitrogens with zero attached hydrogens (tertiary/aromatic N) is 1. The van der Waals surface area contributed by atoms with Crippen molar-refractivity contribution in [2.75, 3.05) is 26.2 Å². The highest BCUT2D eigenvalue weighted by Gasteiger charge is 2.56. The molecule has 4 nitrogen and oxygen atoms in total. The summed E-state index contributed by atoms with van der Waals surface area (Å²) in [7, 11) is 0. The summed E-state index contributed by atoms with van der Waals surface area (Å²) >= 11 is 0. The van der Waals surface area contributed by atoms with Crippen LogP contribution in [0.2, 0.25) is 0 Å². The van der Waals surface area contributed by atoms with Gasteiger partial charge in [0.05, 0.1) is 25.0 Å². The Morgan fingerprint density at radius 1 is 1.03 bits per heavy atom. The van der Waals surface area contributed by atoms with E-state index in [2.05, 4.69) is 71.0 Å². The highest BCUT2D eigenvalue weighted by atomic mass is 16.2. The first-order chi connectivity index (χ1) is 17.2. The van der Waals surface area contributed by atoms with Gasteiger partial charge in [0.1, 0.15) is 11.6 Å². The van der Waals surface area contributed by atoms with Gasteiger partial charge in [-0.3, -0.25) is 4.79 Å². The van der Waals surface area contributed by atoms with Crippen LogP contribution in [-0.4, -0.2) is 43.0 Å². The fraction of sp³-hybridized carbons (Fsp3) is 0.581. The van der Waals surface area contributed by atoms with Crippen molar-refractivity contribution in [1.82, 2.24) is 4.90 Å². The molecule has 1 spiro atoms. The van der Waals surface area contributed by atoms with Crippen molar-refractivity contribution in [1.29, 1.82) is 0 Å². The Bertz CT molecular complexity index is 1050. The van der Waals surface area contributed by atoms with Crippen LogP contribution in [0.25, 0.3) is 0 Å². The highest BCUT2D eigenvalue weighted by Crippen LogP contribution is 2.45. The standard InChI is InChI=1S/C31H41N3O/c1-22-12-13-26-28(18-22)33-16-15-31(26)21-32-20-27(31)30(35)34-17-14-25(23-8-4-2-5-9-23)19-29(34)24-10-6-3-7-11-24/h2,4-5,8-9,12-13,18,24-25,27,29,32-33H,3,6-7,10-11,14-17,19-21H2,1H3/p+2/t25-,27+,29+,31+/m1/s1. The fourth-order valence-corrected chi connectivity index (χ4v) is 8.18. The van der Waals surface area contributed by atoms with Crippen molar-refractivity contribution in [3.05, 3.63) is 65.2 Å². The molecule has 4 N–H and O–H groups in total. The molecule has 186 valence electrons. The van der Waals surface area contributed by atoms with E-state index in [4.69, 9.17) is 0 Å². The zero-order chi connectivity index (χ0) is 23.8. The third-order valence-electron chi connectivity index (χ3n) is 9.97. The summed E-state index contributed by atoms with van der Waals surface area (Å²) < 4.78 is 0. The van der Waals surface area contributed by atoms with E-state index in [1.54, 1.807) is 0 Å². The van der Waals surface area contributed by atoms with Crippen LogP contribution in [-0.2, 0) is 10.2 Å². The van der Waals surface area contributed by atoms with Crippen LogP contribution < -0.4 is 10.6 Å². The summed E-state index contributed by atoms with van der Waals surface area (Å²) in [5, 5.41) is 4.84. The number of aryl methyl sites for hydroxylation is 1. The van der Waals surface area contributed by atoms with Crippen molar-refractivity contribution < 1.29 is 15.4 Å². The van der Waals surface area contributed by atoms with Gasteiger partial charge in [0, 0.05) is 30.6 Å². The normalized spacial score (nSPS) is 31.5. The van der Waals surface area contributed by atoms with Crippen molar-refractivity contribution in [2.24, 2.45) is 11.8 Å². The average Bonchev–Trinajstić information content (AvgIpc) is 3.32. The molecule has 3 aliphatic heterocycles. The minimum absolute atomic E-state index is 0.00224. The molecule has 0 bridgehead atoms. The van der Waals surface area contributed by atoms with Crippen LogP contribution in [0.15, 0.2) is 48.5 Å². The first kappa shape index (κ1) is 23.2. The predicted octanol–water partition coefficient (Wildman–Crippen LogP) is 3.38. The summed E-state index contributed by atoms with van der Waals surface area (Å²) in [5.74, 6) is 1.84. The second kappa shape index (κ2) is 9.71. The SMILES string of the molecule is Cc1ccc2c(c1)[NH2+]CC[C@]21C[NH2+]C[C@H]1C(=O)N1CC[C@@H](c2ccccc2)C[C@H]1C1CCCCC1. The number of carbonyl (C=O) groups excluding carboxylic acids is 1. The van der Waals surface area contributed by atoms with Gasteiger partial charge in [0.15, 0.2) is 0 Å². The molecule has 1 saturated carbocycles. The number of benzene rings is 2. The molecule has 0 unspecified atom stereocenters. The molecule has 6 rings (SSSR count). The van der Waals surface area contributed by atoms with Crippen LogP contribution >= 0.6 is 0 Å². The molecule has 2 aromatic rings. The van der Waals surface area contributed by atoms with Gasteiger partial charge in [-0.2, -0.15) is 0 Å². The first-order valence-corrected chi connectivity index (χ1v) is 14.3. The predicted molar refractivity (Wildman–Crippen MR) is 140 cm³/mol. The Hall–Kier alpha value is -2.17. The van der Waals surface area contributed by atoms with E-state index in [9.17, 15) is 4.79 Å². The maximum absolute atomic E-state index is 14.5. The number of rotatable bonds is 3. The van der Waals surface area contributed by atoms with Gasteiger partial charge in [-0.25, -0.2) is 0 Å². The monoisotopic (exact) mass is 473 g/mol. The van der Waals surface area contributed by atoms with Crippen LogP contribution in [0, 0.1) is 18.8 Å². The van der Waals surface area contributed by atoms with E-state index in [0.29, 0.717) is 23.8 Å². The average molecular weight is 474 g/mol. The van der Waals surface area contributed by atoms with E-state index in [1.165, 1.54) is 54.5 Å². The maximum atomic E-state index is 14.5. The maximum Gasteiger partial charge on any atom is 0.232 e. The minimum atomic E-state index is 0.00224. The third-order valence-corrected chi connectivity index (χ3v) is 9.97. The third kappa shape index (κ3) is 4.23. The van der Waals surface area contributed by atoms with Gasteiger partial charge in [0.25, 0.3) is 0 Å². The molecule has 0 radical (unpaired) electrons. The van der Waals surface area contributed by atoms with Crippen molar-refractivity contribution >= 4 is 11.6 Å². The molecule has 1 aliphatic carbocycles.